The topological polar surface area (TPSA) is 143 Å². The summed E-state index contributed by atoms with van der Waals surface area (Å²) in [6.07, 6.45) is 0. The maximum atomic E-state index is 12.5. The molecule has 0 saturated carbocycles. The van der Waals surface area contributed by atoms with E-state index in [-0.39, 0.29) is 49.2 Å². The lowest BCUT2D eigenvalue weighted by Crippen LogP contribution is -2.24. The summed E-state index contributed by atoms with van der Waals surface area (Å²) in [6.45, 7) is 1.00. The third-order valence-corrected chi connectivity index (χ3v) is 5.97. The van der Waals surface area contributed by atoms with E-state index in [2.05, 4.69) is 21.3 Å². The van der Waals surface area contributed by atoms with Crippen molar-refractivity contribution in [2.75, 3.05) is 0 Å². The number of benzene rings is 2. The minimum atomic E-state index is -0.442. The molecule has 2 aromatic heterocycles. The van der Waals surface area contributed by atoms with Gasteiger partial charge in [0, 0.05) is 26.2 Å². The number of furan rings is 2. The van der Waals surface area contributed by atoms with Gasteiger partial charge in [0.2, 0.25) is 0 Å². The lowest BCUT2D eigenvalue weighted by atomic mass is 10.1. The van der Waals surface area contributed by atoms with Gasteiger partial charge in [-0.15, -0.1) is 0 Å². The van der Waals surface area contributed by atoms with Crippen LogP contribution in [0, 0.1) is 0 Å². The number of carbonyl (C=O) groups excluding carboxylic acids is 4. The fourth-order valence-electron chi connectivity index (χ4n) is 3.79. The molecule has 8 bridgehead atoms. The van der Waals surface area contributed by atoms with Crippen molar-refractivity contribution >= 4 is 23.6 Å². The molecule has 10 heteroatoms. The van der Waals surface area contributed by atoms with Gasteiger partial charge >= 0.3 is 0 Å². The summed E-state index contributed by atoms with van der Waals surface area (Å²) in [5, 5.41) is 11.0. The zero-order valence-electron chi connectivity index (χ0n) is 20.2. The molecule has 4 N–H and O–H groups in total. The molecular formula is C28H24N4O6. The summed E-state index contributed by atoms with van der Waals surface area (Å²) >= 11 is 0. The van der Waals surface area contributed by atoms with Gasteiger partial charge in [-0.1, -0.05) is 48.5 Å². The maximum Gasteiger partial charge on any atom is 0.287 e. The van der Waals surface area contributed by atoms with Crippen LogP contribution in [0.2, 0.25) is 0 Å². The van der Waals surface area contributed by atoms with Crippen LogP contribution in [0.15, 0.2) is 81.6 Å². The molecule has 8 rings (SSSR count). The third-order valence-electron chi connectivity index (χ3n) is 5.97. The fourth-order valence-corrected chi connectivity index (χ4v) is 3.79. The highest BCUT2D eigenvalue weighted by atomic mass is 16.4. The first-order valence-electron chi connectivity index (χ1n) is 11.9. The van der Waals surface area contributed by atoms with E-state index < -0.39 is 23.6 Å². The van der Waals surface area contributed by atoms with Gasteiger partial charge < -0.3 is 30.1 Å². The van der Waals surface area contributed by atoms with Crippen molar-refractivity contribution in [1.82, 2.24) is 21.3 Å². The number of carbonyl (C=O) groups is 4. The number of hydrogen-bond acceptors (Lipinski definition) is 6. The van der Waals surface area contributed by atoms with Crippen LogP contribution in [0.4, 0.5) is 0 Å². The molecule has 4 aliphatic rings. The molecule has 10 nitrogen and oxygen atoms in total. The molecule has 2 aromatic carbocycles. The van der Waals surface area contributed by atoms with Crippen LogP contribution in [0.3, 0.4) is 0 Å². The summed E-state index contributed by atoms with van der Waals surface area (Å²) in [5.41, 5.74) is 3.36. The Morgan fingerprint density at radius 1 is 0.368 bits per heavy atom. The second-order valence-corrected chi connectivity index (χ2v) is 8.69. The molecule has 38 heavy (non-hydrogen) atoms. The SMILES string of the molecule is O=C1NCc2ccc(cc2)CNC(=O)c2ccc(o2)C(=O)NCc2ccc(cc2)CNC(=O)c2ccc1o2. The van der Waals surface area contributed by atoms with Crippen molar-refractivity contribution in [3.05, 3.63) is 118 Å². The average molecular weight is 513 g/mol. The Morgan fingerprint density at radius 3 is 0.789 bits per heavy atom. The Kier molecular flexibility index (Phi) is 7.03. The predicted molar refractivity (Wildman–Crippen MR) is 135 cm³/mol. The molecule has 0 spiro atoms. The van der Waals surface area contributed by atoms with Crippen molar-refractivity contribution in [3.8, 4) is 0 Å². The van der Waals surface area contributed by atoms with Crippen LogP contribution in [-0.4, -0.2) is 23.6 Å². The van der Waals surface area contributed by atoms with Gasteiger partial charge in [-0.2, -0.15) is 0 Å². The first-order chi connectivity index (χ1) is 18.4. The van der Waals surface area contributed by atoms with Crippen molar-refractivity contribution in [1.29, 1.82) is 0 Å². The number of hydrogen-bond donors (Lipinski definition) is 4. The van der Waals surface area contributed by atoms with Crippen LogP contribution >= 0.6 is 0 Å². The highest BCUT2D eigenvalue weighted by molar-refractivity contribution is 5.96. The lowest BCUT2D eigenvalue weighted by Gasteiger charge is -2.08. The second-order valence-electron chi connectivity index (χ2n) is 8.69. The van der Waals surface area contributed by atoms with Crippen molar-refractivity contribution < 1.29 is 28.0 Å². The Hall–Kier alpha value is -5.12. The molecule has 192 valence electrons. The third kappa shape index (κ3) is 5.81. The molecule has 4 amide bonds. The molecule has 6 heterocycles. The monoisotopic (exact) mass is 512 g/mol. The van der Waals surface area contributed by atoms with Gasteiger partial charge in [0.1, 0.15) is 0 Å². The van der Waals surface area contributed by atoms with E-state index in [1.165, 1.54) is 24.3 Å². The molecule has 4 aromatic rings. The first kappa shape index (κ1) is 24.6. The van der Waals surface area contributed by atoms with Crippen molar-refractivity contribution in [2.45, 2.75) is 26.2 Å². The lowest BCUT2D eigenvalue weighted by molar-refractivity contribution is 0.0883. The maximum absolute atomic E-state index is 12.5. The summed E-state index contributed by atoms with van der Waals surface area (Å²) in [7, 11) is 0. The number of rotatable bonds is 0. The Bertz CT molecular complexity index is 1260. The normalized spacial score (nSPS) is 14.9. The minimum absolute atomic E-state index is 0.0309. The molecule has 0 radical (unpaired) electrons. The smallest absolute Gasteiger partial charge is 0.287 e. The standard InChI is InChI=1S/C28H24N4O6/c33-25-21-9-10-23(37-21)27(35)31-15-19-5-7-20(8-6-19)16-32-28(36)24-12-11-22(38-24)26(34)30-14-18-2-1-17(3-4-18)13-29-25/h1-12H,13-16H2,(H,29,33)(H,30,34)(H,31,35)(H,32,36). The van der Waals surface area contributed by atoms with E-state index in [9.17, 15) is 19.2 Å². The second kappa shape index (κ2) is 10.9. The van der Waals surface area contributed by atoms with Crippen molar-refractivity contribution in [2.24, 2.45) is 0 Å². The molecular weight excluding hydrogens is 488 g/mol. The predicted octanol–water partition coefficient (Wildman–Crippen LogP) is 2.91. The minimum Gasteiger partial charge on any atom is -0.446 e. The number of amides is 4. The number of nitrogens with one attached hydrogen (secondary N) is 4. The quantitative estimate of drug-likeness (QED) is 0.285. The molecule has 0 fully saturated rings. The van der Waals surface area contributed by atoms with Crippen LogP contribution < -0.4 is 21.3 Å². The summed E-state index contributed by atoms with van der Waals surface area (Å²) in [6, 6.07) is 20.4. The van der Waals surface area contributed by atoms with Crippen LogP contribution in [0.1, 0.15) is 64.5 Å². The van der Waals surface area contributed by atoms with Crippen LogP contribution in [-0.2, 0) is 26.2 Å². The van der Waals surface area contributed by atoms with E-state index in [1.807, 2.05) is 48.5 Å². The average Bonchev–Trinajstić information content (AvgIpc) is 3.64. The van der Waals surface area contributed by atoms with Crippen molar-refractivity contribution in [3.63, 3.8) is 0 Å². The Morgan fingerprint density at radius 2 is 0.579 bits per heavy atom. The van der Waals surface area contributed by atoms with Crippen LogP contribution in [0.5, 0.6) is 0 Å². The van der Waals surface area contributed by atoms with Gasteiger partial charge in [-0.25, -0.2) is 0 Å². The summed E-state index contributed by atoms with van der Waals surface area (Å²) in [5.74, 6) is -1.65. The van der Waals surface area contributed by atoms with E-state index >= 15 is 0 Å². The van der Waals surface area contributed by atoms with Gasteiger partial charge in [-0.3, -0.25) is 19.2 Å². The first-order valence-corrected chi connectivity index (χ1v) is 11.9. The Balaban J connectivity index is 1.33. The highest BCUT2D eigenvalue weighted by Crippen LogP contribution is 2.12. The van der Waals surface area contributed by atoms with E-state index in [0.717, 1.165) is 22.3 Å². The van der Waals surface area contributed by atoms with E-state index in [0.29, 0.717) is 0 Å². The Labute approximate surface area is 217 Å². The molecule has 0 unspecified atom stereocenters. The van der Waals surface area contributed by atoms with E-state index in [4.69, 9.17) is 8.83 Å². The van der Waals surface area contributed by atoms with E-state index in [1.54, 1.807) is 0 Å². The van der Waals surface area contributed by atoms with Gasteiger partial charge in [-0.05, 0) is 46.5 Å². The van der Waals surface area contributed by atoms with Crippen LogP contribution in [0.25, 0.3) is 0 Å². The molecule has 0 atom stereocenters. The fraction of sp³-hybridized carbons (Fsp3) is 0.143. The zero-order chi connectivity index (χ0) is 26.5. The summed E-state index contributed by atoms with van der Waals surface area (Å²) < 4.78 is 10.9. The highest BCUT2D eigenvalue weighted by Gasteiger charge is 2.17. The zero-order valence-corrected chi connectivity index (χ0v) is 20.2. The molecule has 0 aliphatic carbocycles. The van der Waals surface area contributed by atoms with Gasteiger partial charge in [0.25, 0.3) is 23.6 Å². The van der Waals surface area contributed by atoms with Gasteiger partial charge in [0.15, 0.2) is 23.0 Å². The summed E-state index contributed by atoms with van der Waals surface area (Å²) in [4.78, 5) is 49.9. The molecule has 4 aliphatic heterocycles. The molecule has 0 saturated heterocycles. The largest absolute Gasteiger partial charge is 0.446 e. The van der Waals surface area contributed by atoms with Gasteiger partial charge in [0.05, 0.1) is 0 Å².